The Morgan fingerprint density at radius 2 is 1.80 bits per heavy atom. The fourth-order valence-electron chi connectivity index (χ4n) is 3.38. The highest BCUT2D eigenvalue weighted by Gasteiger charge is 2.18. The van der Waals surface area contributed by atoms with Gasteiger partial charge in [-0.15, -0.1) is 0 Å². The summed E-state index contributed by atoms with van der Waals surface area (Å²) in [5.41, 5.74) is 0. The Morgan fingerprint density at radius 3 is 2.52 bits per heavy atom. The number of rotatable bonds is 7. The second kappa shape index (κ2) is 9.70. The first kappa shape index (κ1) is 18.1. The van der Waals surface area contributed by atoms with E-state index in [2.05, 4.69) is 36.4 Å². The van der Waals surface area contributed by atoms with Crippen LogP contribution in [-0.4, -0.2) is 92.7 Å². The third kappa shape index (κ3) is 5.95. The molecule has 2 N–H and O–H groups in total. The van der Waals surface area contributed by atoms with Crippen molar-refractivity contribution in [2.24, 2.45) is 0 Å². The number of hydrogen-bond acceptors (Lipinski definition) is 6. The Labute approximate surface area is 150 Å². The fourth-order valence-corrected chi connectivity index (χ4v) is 3.38. The van der Waals surface area contributed by atoms with Gasteiger partial charge in [-0.3, -0.25) is 14.6 Å². The molecule has 0 unspecified atom stereocenters. The molecule has 2 saturated heterocycles. The van der Waals surface area contributed by atoms with Crippen LogP contribution in [0.5, 0.6) is 0 Å². The van der Waals surface area contributed by atoms with E-state index < -0.39 is 0 Å². The molecule has 7 heteroatoms. The summed E-state index contributed by atoms with van der Waals surface area (Å²) in [5.74, 6) is 1.22. The third-order valence-corrected chi connectivity index (χ3v) is 4.96. The van der Waals surface area contributed by atoms with Crippen LogP contribution in [0.2, 0.25) is 0 Å². The summed E-state index contributed by atoms with van der Waals surface area (Å²) in [7, 11) is 0. The van der Waals surface area contributed by atoms with Gasteiger partial charge in [0, 0.05) is 84.6 Å². The van der Waals surface area contributed by atoms with Gasteiger partial charge >= 0.3 is 0 Å². The van der Waals surface area contributed by atoms with Crippen LogP contribution in [-0.2, 0) is 4.79 Å². The van der Waals surface area contributed by atoms with Crippen LogP contribution in [0.4, 0.5) is 5.82 Å². The summed E-state index contributed by atoms with van der Waals surface area (Å²) < 4.78 is 0. The average molecular weight is 346 g/mol. The van der Waals surface area contributed by atoms with Gasteiger partial charge in [-0.25, -0.2) is 4.98 Å². The number of carbonyl (C=O) groups excluding carboxylic acids is 1. The van der Waals surface area contributed by atoms with Crippen molar-refractivity contribution in [3.05, 3.63) is 24.4 Å². The summed E-state index contributed by atoms with van der Waals surface area (Å²) >= 11 is 0. The lowest BCUT2D eigenvalue weighted by molar-refractivity contribution is -0.121. The van der Waals surface area contributed by atoms with E-state index in [0.717, 1.165) is 77.8 Å². The molecule has 3 rings (SSSR count). The van der Waals surface area contributed by atoms with Crippen LogP contribution in [0.3, 0.4) is 0 Å². The van der Waals surface area contributed by atoms with Gasteiger partial charge in [-0.1, -0.05) is 6.07 Å². The van der Waals surface area contributed by atoms with Crippen molar-refractivity contribution < 1.29 is 4.79 Å². The molecule has 0 atom stereocenters. The van der Waals surface area contributed by atoms with Gasteiger partial charge in [0.2, 0.25) is 5.91 Å². The van der Waals surface area contributed by atoms with E-state index in [9.17, 15) is 4.79 Å². The molecule has 0 spiro atoms. The molecular weight excluding hydrogens is 316 g/mol. The van der Waals surface area contributed by atoms with Crippen LogP contribution in [0, 0.1) is 0 Å². The number of anilines is 1. The lowest BCUT2D eigenvalue weighted by Gasteiger charge is -2.35. The topological polar surface area (TPSA) is 63.7 Å². The van der Waals surface area contributed by atoms with E-state index in [4.69, 9.17) is 0 Å². The SMILES string of the molecule is O=C(CCN1CCN(c2ccccn2)CC1)NCCN1CCNCC1. The van der Waals surface area contributed by atoms with E-state index in [1.807, 2.05) is 18.3 Å². The molecule has 2 fully saturated rings. The van der Waals surface area contributed by atoms with Gasteiger partial charge in [0.1, 0.15) is 5.82 Å². The zero-order valence-electron chi connectivity index (χ0n) is 15.0. The van der Waals surface area contributed by atoms with Gasteiger partial charge in [0.25, 0.3) is 0 Å². The number of nitrogens with zero attached hydrogens (tertiary/aromatic N) is 4. The smallest absolute Gasteiger partial charge is 0.221 e. The normalized spacial score (nSPS) is 19.8. The van der Waals surface area contributed by atoms with E-state index >= 15 is 0 Å². The predicted octanol–water partition coefficient (Wildman–Crippen LogP) is -0.385. The van der Waals surface area contributed by atoms with Gasteiger partial charge < -0.3 is 15.5 Å². The molecule has 0 saturated carbocycles. The molecule has 1 amide bonds. The van der Waals surface area contributed by atoms with Crippen LogP contribution >= 0.6 is 0 Å². The summed E-state index contributed by atoms with van der Waals surface area (Å²) in [6.45, 7) is 10.8. The van der Waals surface area contributed by atoms with Crippen molar-refractivity contribution in [2.75, 3.05) is 76.9 Å². The molecule has 2 aliphatic rings. The van der Waals surface area contributed by atoms with Crippen molar-refractivity contribution >= 4 is 11.7 Å². The van der Waals surface area contributed by atoms with E-state index in [-0.39, 0.29) is 5.91 Å². The maximum Gasteiger partial charge on any atom is 0.221 e. The maximum absolute atomic E-state index is 12.0. The van der Waals surface area contributed by atoms with Crippen LogP contribution in [0.25, 0.3) is 0 Å². The van der Waals surface area contributed by atoms with Crippen molar-refractivity contribution in [3.8, 4) is 0 Å². The first-order valence-electron chi connectivity index (χ1n) is 9.39. The number of pyridine rings is 1. The molecule has 3 heterocycles. The minimum absolute atomic E-state index is 0.169. The number of hydrogen-bond donors (Lipinski definition) is 2. The Kier molecular flexibility index (Phi) is 7.02. The first-order chi connectivity index (χ1) is 12.3. The van der Waals surface area contributed by atoms with Gasteiger partial charge in [-0.05, 0) is 12.1 Å². The Morgan fingerprint density at radius 1 is 1.04 bits per heavy atom. The van der Waals surface area contributed by atoms with Crippen molar-refractivity contribution in [1.29, 1.82) is 0 Å². The molecular formula is C18H30N6O. The van der Waals surface area contributed by atoms with Gasteiger partial charge in [0.05, 0.1) is 0 Å². The van der Waals surface area contributed by atoms with Crippen molar-refractivity contribution in [3.63, 3.8) is 0 Å². The highest BCUT2D eigenvalue weighted by atomic mass is 16.1. The van der Waals surface area contributed by atoms with E-state index in [1.165, 1.54) is 0 Å². The number of amides is 1. The quantitative estimate of drug-likeness (QED) is 0.702. The zero-order valence-corrected chi connectivity index (χ0v) is 15.0. The Balaban J connectivity index is 1.27. The number of aromatic nitrogens is 1. The maximum atomic E-state index is 12.0. The number of piperazine rings is 2. The predicted molar refractivity (Wildman–Crippen MR) is 99.8 cm³/mol. The molecule has 2 aliphatic heterocycles. The number of nitrogens with one attached hydrogen (secondary N) is 2. The summed E-state index contributed by atoms with van der Waals surface area (Å²) in [4.78, 5) is 23.5. The summed E-state index contributed by atoms with van der Waals surface area (Å²) in [6.07, 6.45) is 2.43. The lowest BCUT2D eigenvalue weighted by Crippen LogP contribution is -2.48. The van der Waals surface area contributed by atoms with Crippen molar-refractivity contribution in [1.82, 2.24) is 25.4 Å². The largest absolute Gasteiger partial charge is 0.355 e. The van der Waals surface area contributed by atoms with Crippen LogP contribution in [0.15, 0.2) is 24.4 Å². The second-order valence-corrected chi connectivity index (χ2v) is 6.71. The minimum Gasteiger partial charge on any atom is -0.355 e. The molecule has 25 heavy (non-hydrogen) atoms. The average Bonchev–Trinajstić information content (AvgIpc) is 2.68. The molecule has 7 nitrogen and oxygen atoms in total. The van der Waals surface area contributed by atoms with Crippen LogP contribution in [0.1, 0.15) is 6.42 Å². The molecule has 0 bridgehead atoms. The van der Waals surface area contributed by atoms with Gasteiger partial charge in [0.15, 0.2) is 0 Å². The molecule has 1 aromatic heterocycles. The van der Waals surface area contributed by atoms with E-state index in [1.54, 1.807) is 0 Å². The third-order valence-electron chi connectivity index (χ3n) is 4.96. The van der Waals surface area contributed by atoms with Gasteiger partial charge in [-0.2, -0.15) is 0 Å². The highest BCUT2D eigenvalue weighted by molar-refractivity contribution is 5.76. The number of carbonyl (C=O) groups is 1. The molecule has 0 aromatic carbocycles. The molecule has 138 valence electrons. The second-order valence-electron chi connectivity index (χ2n) is 6.71. The zero-order chi connectivity index (χ0) is 17.3. The first-order valence-corrected chi connectivity index (χ1v) is 9.39. The monoisotopic (exact) mass is 346 g/mol. The summed E-state index contributed by atoms with van der Waals surface area (Å²) in [5, 5.41) is 6.40. The van der Waals surface area contributed by atoms with Crippen molar-refractivity contribution in [2.45, 2.75) is 6.42 Å². The fraction of sp³-hybridized carbons (Fsp3) is 0.667. The molecule has 0 radical (unpaired) electrons. The standard InChI is InChI=1S/C18H30N6O/c25-18(21-8-12-23-10-6-19-7-11-23)4-9-22-13-15-24(16-14-22)17-3-1-2-5-20-17/h1-3,5,19H,4,6-16H2,(H,21,25). The summed E-state index contributed by atoms with van der Waals surface area (Å²) in [6, 6.07) is 6.03. The lowest BCUT2D eigenvalue weighted by atomic mass is 10.2. The Hall–Kier alpha value is -1.70. The molecule has 1 aromatic rings. The highest BCUT2D eigenvalue weighted by Crippen LogP contribution is 2.12. The van der Waals surface area contributed by atoms with Crippen LogP contribution < -0.4 is 15.5 Å². The Bertz CT molecular complexity index is 512. The molecule has 0 aliphatic carbocycles. The minimum atomic E-state index is 0.169. The van der Waals surface area contributed by atoms with E-state index in [0.29, 0.717) is 6.42 Å².